The number of rotatable bonds is 7. The molecule has 1 saturated carbocycles. The van der Waals surface area contributed by atoms with Gasteiger partial charge < -0.3 is 21.4 Å². The second-order valence-corrected chi connectivity index (χ2v) is 9.09. The summed E-state index contributed by atoms with van der Waals surface area (Å²) < 4.78 is 1.88. The van der Waals surface area contributed by atoms with Gasteiger partial charge in [0.05, 0.1) is 0 Å². The number of amidine groups is 1. The van der Waals surface area contributed by atoms with Gasteiger partial charge in [-0.1, -0.05) is 49.1 Å². The van der Waals surface area contributed by atoms with E-state index in [0.29, 0.717) is 40.9 Å². The normalized spacial score (nSPS) is 14.3. The van der Waals surface area contributed by atoms with E-state index < -0.39 is 5.91 Å². The van der Waals surface area contributed by atoms with E-state index in [-0.39, 0.29) is 11.7 Å². The molecule has 0 atom stereocenters. The van der Waals surface area contributed by atoms with Crippen molar-refractivity contribution in [1.29, 1.82) is 5.41 Å². The molecule has 4 rings (SSSR count). The summed E-state index contributed by atoms with van der Waals surface area (Å²) in [4.78, 5) is 24.7. The van der Waals surface area contributed by atoms with E-state index >= 15 is 0 Å². The average Bonchev–Trinajstić information content (AvgIpc) is 3.17. The molecule has 1 aliphatic carbocycles. The molecule has 33 heavy (non-hydrogen) atoms. The number of nitrogens with one attached hydrogen (secondary N) is 2. The minimum absolute atomic E-state index is 0.0446. The molecule has 7 nitrogen and oxygen atoms in total. The van der Waals surface area contributed by atoms with Crippen molar-refractivity contribution in [2.24, 2.45) is 17.4 Å². The van der Waals surface area contributed by atoms with E-state index in [4.69, 9.17) is 28.5 Å². The molecule has 2 amide bonds. The molecule has 0 bridgehead atoms. The lowest BCUT2D eigenvalue weighted by molar-refractivity contribution is 0.0934. The van der Waals surface area contributed by atoms with Gasteiger partial charge in [-0.05, 0) is 48.6 Å². The molecular formula is C25H28ClN5O2. The highest BCUT2D eigenvalue weighted by molar-refractivity contribution is 6.31. The van der Waals surface area contributed by atoms with E-state index in [9.17, 15) is 9.59 Å². The number of amides is 2. The Morgan fingerprint density at radius 1 is 1.03 bits per heavy atom. The first-order valence-corrected chi connectivity index (χ1v) is 11.6. The number of fused-ring (bicyclic) bond motifs is 1. The maximum Gasteiger partial charge on any atom is 0.267 e. The highest BCUT2D eigenvalue weighted by Gasteiger charge is 2.20. The third-order valence-electron chi connectivity index (χ3n) is 6.39. The predicted molar refractivity (Wildman–Crippen MR) is 131 cm³/mol. The van der Waals surface area contributed by atoms with Gasteiger partial charge in [0.25, 0.3) is 5.91 Å². The summed E-state index contributed by atoms with van der Waals surface area (Å²) in [5.41, 5.74) is 14.0. The fourth-order valence-corrected chi connectivity index (χ4v) is 4.74. The van der Waals surface area contributed by atoms with Crippen LogP contribution in [0.1, 0.15) is 64.1 Å². The zero-order valence-corrected chi connectivity index (χ0v) is 19.1. The second kappa shape index (κ2) is 9.67. The summed E-state index contributed by atoms with van der Waals surface area (Å²) in [6.07, 6.45) is 6.00. The highest BCUT2D eigenvalue weighted by atomic mass is 35.5. The molecule has 1 heterocycles. The summed E-state index contributed by atoms with van der Waals surface area (Å²) in [5, 5.41) is 12.2. The number of carbonyl (C=O) groups is 2. The maximum atomic E-state index is 13.2. The van der Waals surface area contributed by atoms with Crippen LogP contribution in [0.3, 0.4) is 0 Å². The van der Waals surface area contributed by atoms with E-state index in [1.807, 2.05) is 16.7 Å². The Labute approximate surface area is 197 Å². The van der Waals surface area contributed by atoms with Crippen molar-refractivity contribution in [3.63, 3.8) is 0 Å². The van der Waals surface area contributed by atoms with Crippen molar-refractivity contribution >= 4 is 40.2 Å². The van der Waals surface area contributed by atoms with Gasteiger partial charge in [-0.15, -0.1) is 0 Å². The fourth-order valence-electron chi connectivity index (χ4n) is 4.50. The van der Waals surface area contributed by atoms with E-state index in [2.05, 4.69) is 5.32 Å². The van der Waals surface area contributed by atoms with Crippen molar-refractivity contribution in [2.45, 2.75) is 38.6 Å². The maximum absolute atomic E-state index is 13.2. The van der Waals surface area contributed by atoms with Crippen LogP contribution in [-0.2, 0) is 6.54 Å². The molecule has 1 fully saturated rings. The minimum Gasteiger partial charge on any atom is -0.384 e. The molecular weight excluding hydrogens is 438 g/mol. The first kappa shape index (κ1) is 22.9. The zero-order valence-electron chi connectivity index (χ0n) is 18.4. The Balaban J connectivity index is 1.70. The standard InChI is InChI=1S/C25H28ClN5O2/c26-20-10-18(24(29)32)8-9-19(20)14-31-21-12-17(23(27)28)7-6-16(21)11-22(31)25(33)30-13-15-4-2-1-3-5-15/h6-12,15H,1-5,13-14H2,(H3,27,28)(H2,29,32)(H,30,33). The van der Waals surface area contributed by atoms with E-state index in [0.717, 1.165) is 29.3 Å². The molecule has 2 aromatic carbocycles. The zero-order chi connectivity index (χ0) is 23.5. The van der Waals surface area contributed by atoms with Crippen LogP contribution < -0.4 is 16.8 Å². The van der Waals surface area contributed by atoms with Crippen molar-refractivity contribution in [1.82, 2.24) is 9.88 Å². The van der Waals surface area contributed by atoms with Crippen LogP contribution in [0.2, 0.25) is 5.02 Å². The Kier molecular flexibility index (Phi) is 6.70. The summed E-state index contributed by atoms with van der Waals surface area (Å²) >= 11 is 6.44. The topological polar surface area (TPSA) is 127 Å². The Morgan fingerprint density at radius 2 is 1.76 bits per heavy atom. The number of hydrogen-bond donors (Lipinski definition) is 4. The van der Waals surface area contributed by atoms with Crippen LogP contribution in [0.5, 0.6) is 0 Å². The number of carbonyl (C=O) groups excluding carboxylic acids is 2. The lowest BCUT2D eigenvalue weighted by Gasteiger charge is -2.22. The molecule has 1 aromatic heterocycles. The van der Waals surface area contributed by atoms with Gasteiger partial charge in [0, 0.05) is 40.1 Å². The third-order valence-corrected chi connectivity index (χ3v) is 6.74. The second-order valence-electron chi connectivity index (χ2n) is 8.69. The van der Waals surface area contributed by atoms with Crippen LogP contribution >= 0.6 is 11.6 Å². The number of nitrogens with two attached hydrogens (primary N) is 2. The average molecular weight is 466 g/mol. The smallest absolute Gasteiger partial charge is 0.267 e. The SMILES string of the molecule is N=C(N)c1ccc2cc(C(=O)NCC3CCCCC3)n(Cc3ccc(C(N)=O)cc3Cl)c2c1. The summed E-state index contributed by atoms with van der Waals surface area (Å²) in [6.45, 7) is 0.974. The highest BCUT2D eigenvalue weighted by Crippen LogP contribution is 2.27. The van der Waals surface area contributed by atoms with Gasteiger partial charge in [-0.3, -0.25) is 15.0 Å². The molecule has 6 N–H and O–H groups in total. The largest absolute Gasteiger partial charge is 0.384 e. The van der Waals surface area contributed by atoms with Crippen LogP contribution in [-0.4, -0.2) is 28.8 Å². The van der Waals surface area contributed by atoms with E-state index in [1.165, 1.54) is 25.3 Å². The Hall–Kier alpha value is -3.32. The minimum atomic E-state index is -0.552. The number of benzene rings is 2. The van der Waals surface area contributed by atoms with Crippen molar-refractivity contribution in [2.75, 3.05) is 6.54 Å². The van der Waals surface area contributed by atoms with Gasteiger partial charge in [-0.2, -0.15) is 0 Å². The Morgan fingerprint density at radius 3 is 2.42 bits per heavy atom. The lowest BCUT2D eigenvalue weighted by Crippen LogP contribution is -2.31. The molecule has 0 unspecified atom stereocenters. The molecule has 8 heteroatoms. The number of aromatic nitrogens is 1. The van der Waals surface area contributed by atoms with Crippen molar-refractivity contribution < 1.29 is 9.59 Å². The van der Waals surface area contributed by atoms with Crippen LogP contribution in [0.4, 0.5) is 0 Å². The monoisotopic (exact) mass is 465 g/mol. The number of hydrogen-bond acceptors (Lipinski definition) is 3. The van der Waals surface area contributed by atoms with Gasteiger partial charge in [0.15, 0.2) is 0 Å². The molecule has 172 valence electrons. The van der Waals surface area contributed by atoms with Gasteiger partial charge >= 0.3 is 0 Å². The molecule has 1 aliphatic rings. The fraction of sp³-hybridized carbons (Fsp3) is 0.320. The summed E-state index contributed by atoms with van der Waals surface area (Å²) in [7, 11) is 0. The Bertz CT molecular complexity index is 1230. The van der Waals surface area contributed by atoms with Crippen molar-refractivity contribution in [3.8, 4) is 0 Å². The first-order valence-electron chi connectivity index (χ1n) is 11.2. The van der Waals surface area contributed by atoms with Crippen LogP contribution in [0.15, 0.2) is 42.5 Å². The van der Waals surface area contributed by atoms with Gasteiger partial charge in [0.2, 0.25) is 5.91 Å². The quantitative estimate of drug-likeness (QED) is 0.310. The predicted octanol–water partition coefficient (Wildman–Crippen LogP) is 4.04. The van der Waals surface area contributed by atoms with Crippen LogP contribution in [0, 0.1) is 11.3 Å². The summed E-state index contributed by atoms with van der Waals surface area (Å²) in [5.74, 6) is -0.229. The van der Waals surface area contributed by atoms with Crippen molar-refractivity contribution in [3.05, 3.63) is 69.9 Å². The lowest BCUT2D eigenvalue weighted by atomic mass is 9.89. The van der Waals surface area contributed by atoms with E-state index in [1.54, 1.807) is 24.3 Å². The first-order chi connectivity index (χ1) is 15.8. The molecule has 0 radical (unpaired) electrons. The number of primary amides is 1. The number of nitrogen functional groups attached to an aromatic ring is 1. The van der Waals surface area contributed by atoms with Crippen LogP contribution in [0.25, 0.3) is 10.9 Å². The number of halogens is 1. The molecule has 3 aromatic rings. The van der Waals surface area contributed by atoms with Gasteiger partial charge in [-0.25, -0.2) is 0 Å². The molecule has 0 aliphatic heterocycles. The molecule has 0 spiro atoms. The molecule has 0 saturated heterocycles. The third kappa shape index (κ3) is 5.03. The number of nitrogens with zero attached hydrogens (tertiary/aromatic N) is 1. The summed E-state index contributed by atoms with van der Waals surface area (Å²) in [6, 6.07) is 12.2. The van der Waals surface area contributed by atoms with Gasteiger partial charge in [0.1, 0.15) is 11.5 Å².